The molecule has 2 amide bonds. The SMILES string of the molecule is Cc1c(NC(=O)Oc2cc(Cl)c(Cl)cc2Cl)cccc1NC(=O)Oc1cc(Cl)c(Cl)cc1Cl. The average molecular weight is 569 g/mol. The number of halogens is 6. The van der Waals surface area contributed by atoms with Crippen molar-refractivity contribution in [1.82, 2.24) is 0 Å². The summed E-state index contributed by atoms with van der Waals surface area (Å²) in [6, 6.07) is 10.2. The van der Waals surface area contributed by atoms with Gasteiger partial charge in [-0.2, -0.15) is 0 Å². The molecule has 0 saturated heterocycles. The van der Waals surface area contributed by atoms with Crippen molar-refractivity contribution in [2.45, 2.75) is 6.92 Å². The standard InChI is InChI=1S/C21H12Cl6N2O4/c1-9-16(28-20(30)32-18-7-12(24)10(22)5-14(18)26)3-2-4-17(9)29-21(31)33-19-8-13(25)11(23)6-15(19)27/h2-8H,1H3,(H,28,30)(H,29,31). The van der Waals surface area contributed by atoms with Gasteiger partial charge in [-0.15, -0.1) is 0 Å². The van der Waals surface area contributed by atoms with Gasteiger partial charge in [0.1, 0.15) is 0 Å². The number of carbonyl (C=O) groups is 2. The molecule has 3 aromatic rings. The highest BCUT2D eigenvalue weighted by Crippen LogP contribution is 2.35. The van der Waals surface area contributed by atoms with Crippen molar-refractivity contribution in [3.8, 4) is 11.5 Å². The first-order valence-electron chi connectivity index (χ1n) is 8.91. The van der Waals surface area contributed by atoms with Crippen LogP contribution in [0.5, 0.6) is 11.5 Å². The highest BCUT2D eigenvalue weighted by molar-refractivity contribution is 6.44. The van der Waals surface area contributed by atoms with Crippen LogP contribution < -0.4 is 20.1 Å². The fourth-order valence-electron chi connectivity index (χ4n) is 2.54. The summed E-state index contributed by atoms with van der Waals surface area (Å²) in [6.45, 7) is 1.67. The van der Waals surface area contributed by atoms with Gasteiger partial charge in [0.25, 0.3) is 0 Å². The first-order chi connectivity index (χ1) is 15.5. The van der Waals surface area contributed by atoms with Crippen molar-refractivity contribution < 1.29 is 19.1 Å². The van der Waals surface area contributed by atoms with Crippen molar-refractivity contribution in [2.24, 2.45) is 0 Å². The molecule has 0 fully saturated rings. The van der Waals surface area contributed by atoms with Gasteiger partial charge in [-0.1, -0.05) is 75.7 Å². The monoisotopic (exact) mass is 566 g/mol. The molecule has 0 aliphatic carbocycles. The molecule has 0 spiro atoms. The van der Waals surface area contributed by atoms with Crippen molar-refractivity contribution >= 4 is 93.2 Å². The summed E-state index contributed by atoms with van der Waals surface area (Å²) in [4.78, 5) is 24.7. The van der Waals surface area contributed by atoms with E-state index in [1.807, 2.05) is 0 Å². The third-order valence-electron chi connectivity index (χ3n) is 4.16. The second kappa shape index (κ2) is 10.9. The molecule has 0 unspecified atom stereocenters. The Kier molecular flexibility index (Phi) is 8.45. The van der Waals surface area contributed by atoms with Crippen LogP contribution >= 0.6 is 69.6 Å². The summed E-state index contributed by atoms with van der Waals surface area (Å²) in [5, 5.41) is 6.13. The Morgan fingerprint density at radius 1 is 0.636 bits per heavy atom. The fourth-order valence-corrected chi connectivity index (χ4v) is 3.69. The number of hydrogen-bond donors (Lipinski definition) is 2. The number of ether oxygens (including phenoxy) is 2. The van der Waals surface area contributed by atoms with E-state index in [0.29, 0.717) is 16.9 Å². The lowest BCUT2D eigenvalue weighted by Crippen LogP contribution is -2.20. The van der Waals surface area contributed by atoms with E-state index in [1.54, 1.807) is 25.1 Å². The highest BCUT2D eigenvalue weighted by atomic mass is 35.5. The molecule has 0 heterocycles. The van der Waals surface area contributed by atoms with Crippen molar-refractivity contribution in [1.29, 1.82) is 0 Å². The maximum Gasteiger partial charge on any atom is 0.417 e. The summed E-state index contributed by atoms with van der Waals surface area (Å²) in [7, 11) is 0. The van der Waals surface area contributed by atoms with Gasteiger partial charge >= 0.3 is 12.2 Å². The van der Waals surface area contributed by atoms with Gasteiger partial charge in [-0.3, -0.25) is 10.6 Å². The molecule has 2 N–H and O–H groups in total. The summed E-state index contributed by atoms with van der Waals surface area (Å²) in [5.74, 6) is 0.0511. The molecule has 0 atom stereocenters. The second-order valence-corrected chi connectivity index (χ2v) is 8.84. The minimum atomic E-state index is -0.833. The van der Waals surface area contributed by atoms with E-state index in [9.17, 15) is 9.59 Å². The van der Waals surface area contributed by atoms with E-state index in [0.717, 1.165) is 0 Å². The lowest BCUT2D eigenvalue weighted by molar-refractivity contribution is 0.214. The third-order valence-corrected chi connectivity index (χ3v) is 6.20. The van der Waals surface area contributed by atoms with Gasteiger partial charge in [-0.25, -0.2) is 9.59 Å². The van der Waals surface area contributed by atoms with Gasteiger partial charge < -0.3 is 9.47 Å². The van der Waals surface area contributed by atoms with Gasteiger partial charge in [0.2, 0.25) is 0 Å². The van der Waals surface area contributed by atoms with Gasteiger partial charge in [0.05, 0.1) is 30.1 Å². The number of carbonyl (C=O) groups excluding carboxylic acids is 2. The maximum absolute atomic E-state index is 12.3. The molecule has 6 nitrogen and oxygen atoms in total. The number of rotatable bonds is 4. The third kappa shape index (κ3) is 6.51. The number of nitrogens with one attached hydrogen (secondary N) is 2. The Balaban J connectivity index is 1.70. The molecule has 0 aliphatic heterocycles. The van der Waals surface area contributed by atoms with E-state index in [2.05, 4.69) is 10.6 Å². The Morgan fingerprint density at radius 2 is 1.00 bits per heavy atom. The number of amides is 2. The molecular formula is C21H12Cl6N2O4. The minimum Gasteiger partial charge on any atom is -0.408 e. The molecule has 33 heavy (non-hydrogen) atoms. The van der Waals surface area contributed by atoms with Crippen LogP contribution in [-0.4, -0.2) is 12.2 Å². The van der Waals surface area contributed by atoms with Crippen LogP contribution in [0.15, 0.2) is 42.5 Å². The lowest BCUT2D eigenvalue weighted by Gasteiger charge is -2.14. The molecule has 0 bridgehead atoms. The second-order valence-electron chi connectivity index (χ2n) is 6.40. The first-order valence-corrected chi connectivity index (χ1v) is 11.2. The number of hydrogen-bond acceptors (Lipinski definition) is 4. The number of benzene rings is 3. The van der Waals surface area contributed by atoms with E-state index < -0.39 is 12.2 Å². The van der Waals surface area contributed by atoms with Gasteiger partial charge in [-0.05, 0) is 36.8 Å². The molecule has 12 heteroatoms. The zero-order valence-corrected chi connectivity index (χ0v) is 21.0. The Labute approximate surface area is 218 Å². The minimum absolute atomic E-state index is 0.0255. The van der Waals surface area contributed by atoms with Crippen LogP contribution in [0.2, 0.25) is 30.1 Å². The number of anilines is 2. The van der Waals surface area contributed by atoms with E-state index >= 15 is 0 Å². The quantitative estimate of drug-likeness (QED) is 0.308. The Bertz CT molecular complexity index is 1160. The lowest BCUT2D eigenvalue weighted by atomic mass is 10.1. The van der Waals surface area contributed by atoms with E-state index in [4.69, 9.17) is 79.1 Å². The average Bonchev–Trinajstić information content (AvgIpc) is 2.73. The van der Waals surface area contributed by atoms with Crippen LogP contribution in [-0.2, 0) is 0 Å². The molecule has 0 saturated carbocycles. The molecular weight excluding hydrogens is 557 g/mol. The van der Waals surface area contributed by atoms with E-state index in [-0.39, 0.29) is 41.6 Å². The van der Waals surface area contributed by atoms with E-state index in [1.165, 1.54) is 24.3 Å². The highest BCUT2D eigenvalue weighted by Gasteiger charge is 2.16. The molecule has 0 aromatic heterocycles. The predicted molar refractivity (Wildman–Crippen MR) is 133 cm³/mol. The molecule has 0 aliphatic rings. The summed E-state index contributed by atoms with van der Waals surface area (Å²) < 4.78 is 10.4. The molecule has 0 radical (unpaired) electrons. The fraction of sp³-hybridized carbons (Fsp3) is 0.0476. The molecule has 3 aromatic carbocycles. The molecule has 3 rings (SSSR count). The largest absolute Gasteiger partial charge is 0.417 e. The van der Waals surface area contributed by atoms with Crippen LogP contribution in [0, 0.1) is 6.92 Å². The summed E-state index contributed by atoms with van der Waals surface area (Å²) in [6.07, 6.45) is -1.67. The van der Waals surface area contributed by atoms with Crippen LogP contribution in [0.25, 0.3) is 0 Å². The predicted octanol–water partition coefficient (Wildman–Crippen LogP) is 9.14. The Morgan fingerprint density at radius 3 is 1.39 bits per heavy atom. The summed E-state index contributed by atoms with van der Waals surface area (Å²) >= 11 is 35.6. The smallest absolute Gasteiger partial charge is 0.408 e. The maximum atomic E-state index is 12.3. The topological polar surface area (TPSA) is 76.7 Å². The van der Waals surface area contributed by atoms with Crippen molar-refractivity contribution in [3.63, 3.8) is 0 Å². The van der Waals surface area contributed by atoms with Crippen LogP contribution in [0.3, 0.4) is 0 Å². The van der Waals surface area contributed by atoms with Crippen LogP contribution in [0.4, 0.5) is 21.0 Å². The summed E-state index contributed by atoms with van der Waals surface area (Å²) in [5.41, 5.74) is 1.25. The zero-order chi connectivity index (χ0) is 24.3. The van der Waals surface area contributed by atoms with Gasteiger partial charge in [0.15, 0.2) is 11.5 Å². The van der Waals surface area contributed by atoms with Crippen molar-refractivity contribution in [3.05, 3.63) is 78.2 Å². The van der Waals surface area contributed by atoms with Crippen LogP contribution in [0.1, 0.15) is 5.56 Å². The first kappa shape index (κ1) is 25.6. The van der Waals surface area contributed by atoms with Crippen molar-refractivity contribution in [2.75, 3.05) is 10.6 Å². The normalized spacial score (nSPS) is 10.5. The molecule has 172 valence electrons. The zero-order valence-electron chi connectivity index (χ0n) is 16.4. The Hall–Kier alpha value is -2.06. The van der Waals surface area contributed by atoms with Gasteiger partial charge in [0, 0.05) is 23.5 Å².